The molecular weight excluding hydrogens is 376 g/mol. The fourth-order valence-electron chi connectivity index (χ4n) is 2.94. The molecule has 0 aliphatic heterocycles. The number of aromatic nitrogens is 4. The SMILES string of the molecule is Cc1ccc(OCc2ccccc2)cc1OCc1nn(C)c2ncnc(Cl)c12. The van der Waals surface area contributed by atoms with Crippen LogP contribution in [0, 0.1) is 6.92 Å². The lowest BCUT2D eigenvalue weighted by atomic mass is 10.2. The number of hydrogen-bond donors (Lipinski definition) is 0. The van der Waals surface area contributed by atoms with Gasteiger partial charge >= 0.3 is 0 Å². The topological polar surface area (TPSA) is 62.1 Å². The maximum Gasteiger partial charge on any atom is 0.162 e. The molecule has 0 bridgehead atoms. The number of fused-ring (bicyclic) bond motifs is 1. The monoisotopic (exact) mass is 394 g/mol. The van der Waals surface area contributed by atoms with E-state index in [4.69, 9.17) is 21.1 Å². The molecular formula is C21H19ClN4O2. The molecule has 4 rings (SSSR count). The standard InChI is InChI=1S/C21H19ClN4O2/c1-14-8-9-16(27-11-15-6-4-3-5-7-15)10-18(14)28-12-17-19-20(22)23-13-24-21(19)26(2)25-17/h3-10,13H,11-12H2,1-2H3. The summed E-state index contributed by atoms with van der Waals surface area (Å²) in [5, 5.41) is 5.55. The molecule has 0 N–H and O–H groups in total. The van der Waals surface area contributed by atoms with E-state index in [1.54, 1.807) is 4.68 Å². The van der Waals surface area contributed by atoms with Crippen LogP contribution in [0.25, 0.3) is 11.0 Å². The largest absolute Gasteiger partial charge is 0.489 e. The van der Waals surface area contributed by atoms with Crippen LogP contribution in [-0.2, 0) is 20.3 Å². The Hall–Kier alpha value is -3.12. The van der Waals surface area contributed by atoms with Crippen molar-refractivity contribution in [2.75, 3.05) is 0 Å². The smallest absolute Gasteiger partial charge is 0.162 e. The van der Waals surface area contributed by atoms with E-state index in [1.807, 2.05) is 62.5 Å². The average Bonchev–Trinajstić information content (AvgIpc) is 3.04. The first-order valence-electron chi connectivity index (χ1n) is 8.84. The molecule has 0 amide bonds. The minimum Gasteiger partial charge on any atom is -0.489 e. The first-order chi connectivity index (χ1) is 13.6. The van der Waals surface area contributed by atoms with Crippen LogP contribution in [0.15, 0.2) is 54.9 Å². The zero-order valence-electron chi connectivity index (χ0n) is 15.6. The minimum absolute atomic E-state index is 0.257. The van der Waals surface area contributed by atoms with Crippen molar-refractivity contribution in [1.29, 1.82) is 0 Å². The molecule has 0 aliphatic rings. The molecule has 0 unspecified atom stereocenters. The van der Waals surface area contributed by atoms with Gasteiger partial charge in [-0.05, 0) is 24.1 Å². The van der Waals surface area contributed by atoms with Gasteiger partial charge in [0.05, 0.1) is 5.39 Å². The van der Waals surface area contributed by atoms with Gasteiger partial charge in [-0.15, -0.1) is 0 Å². The molecule has 2 aromatic carbocycles. The molecule has 0 saturated carbocycles. The summed E-state index contributed by atoms with van der Waals surface area (Å²) in [4.78, 5) is 8.28. The van der Waals surface area contributed by atoms with Crippen molar-refractivity contribution in [3.8, 4) is 11.5 Å². The van der Waals surface area contributed by atoms with Crippen LogP contribution in [0.5, 0.6) is 11.5 Å². The Kier molecular flexibility index (Phi) is 5.12. The number of aryl methyl sites for hydroxylation is 2. The molecule has 0 fully saturated rings. The highest BCUT2D eigenvalue weighted by atomic mass is 35.5. The summed E-state index contributed by atoms with van der Waals surface area (Å²) in [6.07, 6.45) is 1.43. The Morgan fingerprint density at radius 2 is 1.82 bits per heavy atom. The quantitative estimate of drug-likeness (QED) is 0.451. The number of rotatable bonds is 6. The van der Waals surface area contributed by atoms with Crippen molar-refractivity contribution >= 4 is 22.6 Å². The highest BCUT2D eigenvalue weighted by Crippen LogP contribution is 2.28. The van der Waals surface area contributed by atoms with Crippen molar-refractivity contribution in [3.05, 3.63) is 76.8 Å². The lowest BCUT2D eigenvalue weighted by molar-refractivity contribution is 0.286. The van der Waals surface area contributed by atoms with Gasteiger partial charge in [0.25, 0.3) is 0 Å². The molecule has 0 radical (unpaired) electrons. The number of ether oxygens (including phenoxy) is 2. The van der Waals surface area contributed by atoms with Gasteiger partial charge in [0, 0.05) is 13.1 Å². The summed E-state index contributed by atoms with van der Waals surface area (Å²) in [5.74, 6) is 1.48. The fourth-order valence-corrected chi connectivity index (χ4v) is 3.18. The Labute approximate surface area is 167 Å². The normalized spacial score (nSPS) is 11.0. The molecule has 2 heterocycles. The number of nitrogens with zero attached hydrogens (tertiary/aromatic N) is 4. The molecule has 0 atom stereocenters. The Balaban J connectivity index is 1.51. The second-order valence-corrected chi connectivity index (χ2v) is 6.78. The maximum absolute atomic E-state index is 6.23. The Morgan fingerprint density at radius 1 is 1.00 bits per heavy atom. The first-order valence-corrected chi connectivity index (χ1v) is 9.22. The Bertz CT molecular complexity index is 1110. The van der Waals surface area contributed by atoms with E-state index in [0.29, 0.717) is 28.5 Å². The van der Waals surface area contributed by atoms with Gasteiger partial charge in [0.1, 0.15) is 41.9 Å². The van der Waals surface area contributed by atoms with Gasteiger partial charge in [-0.1, -0.05) is 48.0 Å². The molecule has 142 valence electrons. The predicted octanol–water partition coefficient (Wildman–Crippen LogP) is 4.48. The van der Waals surface area contributed by atoms with Crippen LogP contribution >= 0.6 is 11.6 Å². The lowest BCUT2D eigenvalue weighted by Crippen LogP contribution is -2.01. The second kappa shape index (κ2) is 7.86. The van der Waals surface area contributed by atoms with Crippen LogP contribution in [0.3, 0.4) is 0 Å². The second-order valence-electron chi connectivity index (χ2n) is 6.42. The zero-order chi connectivity index (χ0) is 19.5. The molecule has 0 saturated heterocycles. The van der Waals surface area contributed by atoms with E-state index >= 15 is 0 Å². The van der Waals surface area contributed by atoms with E-state index < -0.39 is 0 Å². The summed E-state index contributed by atoms with van der Waals surface area (Å²) in [6.45, 7) is 2.75. The van der Waals surface area contributed by atoms with E-state index in [2.05, 4.69) is 15.1 Å². The number of benzene rings is 2. The summed E-state index contributed by atoms with van der Waals surface area (Å²) in [5.41, 5.74) is 3.49. The fraction of sp³-hybridized carbons (Fsp3) is 0.190. The highest BCUT2D eigenvalue weighted by molar-refractivity contribution is 6.34. The van der Waals surface area contributed by atoms with Crippen molar-refractivity contribution < 1.29 is 9.47 Å². The van der Waals surface area contributed by atoms with Crippen molar-refractivity contribution in [1.82, 2.24) is 19.7 Å². The van der Waals surface area contributed by atoms with Crippen LogP contribution in [-0.4, -0.2) is 19.7 Å². The summed E-state index contributed by atoms with van der Waals surface area (Å²) < 4.78 is 13.6. The van der Waals surface area contributed by atoms with Crippen LogP contribution < -0.4 is 9.47 Å². The molecule has 4 aromatic rings. The van der Waals surface area contributed by atoms with Gasteiger partial charge in [0.2, 0.25) is 0 Å². The van der Waals surface area contributed by atoms with Crippen molar-refractivity contribution in [2.24, 2.45) is 7.05 Å². The van der Waals surface area contributed by atoms with Gasteiger partial charge in [-0.3, -0.25) is 0 Å². The van der Waals surface area contributed by atoms with Crippen molar-refractivity contribution in [2.45, 2.75) is 20.1 Å². The molecule has 0 aliphatic carbocycles. The average molecular weight is 395 g/mol. The number of halogens is 1. The molecule has 6 nitrogen and oxygen atoms in total. The molecule has 2 aromatic heterocycles. The maximum atomic E-state index is 6.23. The third kappa shape index (κ3) is 3.77. The van der Waals surface area contributed by atoms with Gasteiger partial charge in [0.15, 0.2) is 5.65 Å². The van der Waals surface area contributed by atoms with E-state index in [-0.39, 0.29) is 6.61 Å². The van der Waals surface area contributed by atoms with Crippen molar-refractivity contribution in [3.63, 3.8) is 0 Å². The van der Waals surface area contributed by atoms with Crippen LogP contribution in [0.2, 0.25) is 5.15 Å². The third-order valence-corrected chi connectivity index (χ3v) is 4.71. The van der Waals surface area contributed by atoms with E-state index in [9.17, 15) is 0 Å². The Morgan fingerprint density at radius 3 is 2.64 bits per heavy atom. The van der Waals surface area contributed by atoms with Gasteiger partial charge in [-0.25, -0.2) is 14.6 Å². The van der Waals surface area contributed by atoms with E-state index in [1.165, 1.54) is 6.33 Å². The molecule has 28 heavy (non-hydrogen) atoms. The zero-order valence-corrected chi connectivity index (χ0v) is 16.3. The summed E-state index contributed by atoms with van der Waals surface area (Å²) in [7, 11) is 1.82. The first kappa shape index (κ1) is 18.3. The highest BCUT2D eigenvalue weighted by Gasteiger charge is 2.15. The van der Waals surface area contributed by atoms with Crippen LogP contribution in [0.1, 0.15) is 16.8 Å². The van der Waals surface area contributed by atoms with Gasteiger partial charge < -0.3 is 9.47 Å². The summed E-state index contributed by atoms with van der Waals surface area (Å²) >= 11 is 6.23. The minimum atomic E-state index is 0.257. The summed E-state index contributed by atoms with van der Waals surface area (Å²) in [6, 6.07) is 15.8. The lowest BCUT2D eigenvalue weighted by Gasteiger charge is -2.12. The molecule has 7 heteroatoms. The third-order valence-electron chi connectivity index (χ3n) is 4.42. The number of hydrogen-bond acceptors (Lipinski definition) is 5. The van der Waals surface area contributed by atoms with Gasteiger partial charge in [-0.2, -0.15) is 5.10 Å². The van der Waals surface area contributed by atoms with Crippen LogP contribution in [0.4, 0.5) is 0 Å². The molecule has 0 spiro atoms. The predicted molar refractivity (Wildman–Crippen MR) is 108 cm³/mol. The van der Waals surface area contributed by atoms with E-state index in [0.717, 1.165) is 22.6 Å².